The van der Waals surface area contributed by atoms with Crippen LogP contribution in [0.15, 0.2) is 18.5 Å². The fourth-order valence-electron chi connectivity index (χ4n) is 3.21. The highest BCUT2D eigenvalue weighted by Gasteiger charge is 2.50. The molecule has 2 aliphatic rings. The maximum atomic E-state index is 12.2. The van der Waals surface area contributed by atoms with Gasteiger partial charge in [0.2, 0.25) is 11.8 Å². The van der Waals surface area contributed by atoms with Crippen LogP contribution in [-0.4, -0.2) is 45.1 Å². The molecule has 1 spiro atoms. The molecular weight excluding hydrogens is 244 g/mol. The summed E-state index contributed by atoms with van der Waals surface area (Å²) < 4.78 is 1.79. The average molecular weight is 262 g/mol. The van der Waals surface area contributed by atoms with Gasteiger partial charge in [0.25, 0.3) is 0 Å². The van der Waals surface area contributed by atoms with Crippen molar-refractivity contribution >= 4 is 11.8 Å². The van der Waals surface area contributed by atoms with Gasteiger partial charge in [-0.15, -0.1) is 0 Å². The highest BCUT2D eigenvalue weighted by Crippen LogP contribution is 2.37. The molecule has 2 heterocycles. The van der Waals surface area contributed by atoms with Crippen molar-refractivity contribution in [3.8, 4) is 0 Å². The van der Waals surface area contributed by atoms with E-state index in [2.05, 4.69) is 10.4 Å². The monoisotopic (exact) mass is 262 g/mol. The molecule has 2 fully saturated rings. The van der Waals surface area contributed by atoms with Gasteiger partial charge in [-0.1, -0.05) is 12.8 Å². The summed E-state index contributed by atoms with van der Waals surface area (Å²) in [5, 5.41) is 6.87. The summed E-state index contributed by atoms with van der Waals surface area (Å²) in [4.78, 5) is 26.1. The maximum Gasteiger partial charge on any atom is 0.246 e. The molecule has 0 atom stereocenters. The van der Waals surface area contributed by atoms with Crippen molar-refractivity contribution in [3.05, 3.63) is 18.5 Å². The Hall–Kier alpha value is -1.85. The van der Waals surface area contributed by atoms with Crippen molar-refractivity contribution < 1.29 is 9.59 Å². The minimum absolute atomic E-state index is 0.0186. The van der Waals surface area contributed by atoms with Crippen molar-refractivity contribution in [3.63, 3.8) is 0 Å². The Morgan fingerprint density at radius 2 is 2.05 bits per heavy atom. The number of aromatic nitrogens is 2. The summed E-state index contributed by atoms with van der Waals surface area (Å²) in [7, 11) is 0. The topological polar surface area (TPSA) is 67.2 Å². The first-order valence-electron chi connectivity index (χ1n) is 6.79. The van der Waals surface area contributed by atoms with E-state index in [1.807, 2.05) is 12.3 Å². The summed E-state index contributed by atoms with van der Waals surface area (Å²) in [6.07, 6.45) is 7.18. The fourth-order valence-corrected chi connectivity index (χ4v) is 3.21. The Kier molecular flexibility index (Phi) is 3.00. The van der Waals surface area contributed by atoms with E-state index < -0.39 is 5.54 Å². The molecule has 6 nitrogen and oxygen atoms in total. The second-order valence-corrected chi connectivity index (χ2v) is 5.24. The number of piperazine rings is 1. The average Bonchev–Trinajstić information content (AvgIpc) is 3.06. The van der Waals surface area contributed by atoms with Crippen LogP contribution in [0.1, 0.15) is 25.7 Å². The molecule has 0 unspecified atom stereocenters. The fraction of sp³-hybridized carbons (Fsp3) is 0.615. The predicted octanol–water partition coefficient (Wildman–Crippen LogP) is 0.154. The maximum absolute atomic E-state index is 12.2. The van der Waals surface area contributed by atoms with Gasteiger partial charge in [-0.2, -0.15) is 5.10 Å². The second kappa shape index (κ2) is 4.68. The summed E-state index contributed by atoms with van der Waals surface area (Å²) in [5.74, 6) is 0.0405. The predicted molar refractivity (Wildman–Crippen MR) is 68.1 cm³/mol. The molecule has 19 heavy (non-hydrogen) atoms. The Morgan fingerprint density at radius 3 is 2.74 bits per heavy atom. The Morgan fingerprint density at radius 1 is 1.26 bits per heavy atom. The van der Waals surface area contributed by atoms with Gasteiger partial charge in [-0.05, 0) is 18.9 Å². The molecule has 0 radical (unpaired) electrons. The lowest BCUT2D eigenvalue weighted by molar-refractivity contribution is -0.153. The number of rotatable bonds is 3. The zero-order valence-electron chi connectivity index (χ0n) is 10.8. The Bertz CT molecular complexity index is 477. The normalized spacial score (nSPS) is 22.0. The van der Waals surface area contributed by atoms with Gasteiger partial charge >= 0.3 is 0 Å². The molecule has 1 aromatic heterocycles. The van der Waals surface area contributed by atoms with E-state index in [0.29, 0.717) is 13.1 Å². The zero-order chi connectivity index (χ0) is 13.3. The molecule has 0 bridgehead atoms. The van der Waals surface area contributed by atoms with Crippen molar-refractivity contribution in [1.82, 2.24) is 20.0 Å². The van der Waals surface area contributed by atoms with E-state index in [0.717, 1.165) is 25.7 Å². The summed E-state index contributed by atoms with van der Waals surface area (Å²) in [6, 6.07) is 1.86. The SMILES string of the molecule is O=C1CNC(=O)C2(CCCC2)N1CCn1cccn1. The van der Waals surface area contributed by atoms with Gasteiger partial charge in [-0.3, -0.25) is 14.3 Å². The van der Waals surface area contributed by atoms with Crippen LogP contribution in [0.4, 0.5) is 0 Å². The number of carbonyl (C=O) groups excluding carboxylic acids is 2. The molecule has 1 aliphatic heterocycles. The number of nitrogens with zero attached hydrogens (tertiary/aromatic N) is 3. The van der Waals surface area contributed by atoms with E-state index in [4.69, 9.17) is 0 Å². The van der Waals surface area contributed by atoms with Crippen LogP contribution >= 0.6 is 0 Å². The molecule has 1 N–H and O–H groups in total. The van der Waals surface area contributed by atoms with E-state index in [1.54, 1.807) is 15.8 Å². The molecule has 1 saturated carbocycles. The number of hydrogen-bond donors (Lipinski definition) is 1. The third kappa shape index (κ3) is 2.01. The van der Waals surface area contributed by atoms with E-state index >= 15 is 0 Å². The summed E-state index contributed by atoms with van der Waals surface area (Å²) in [6.45, 7) is 1.31. The van der Waals surface area contributed by atoms with Gasteiger partial charge in [0.05, 0.1) is 13.1 Å². The zero-order valence-corrected chi connectivity index (χ0v) is 10.8. The van der Waals surface area contributed by atoms with Crippen LogP contribution in [0, 0.1) is 0 Å². The molecule has 2 amide bonds. The molecule has 6 heteroatoms. The highest BCUT2D eigenvalue weighted by molar-refractivity contribution is 5.98. The van der Waals surface area contributed by atoms with Crippen molar-refractivity contribution in [1.29, 1.82) is 0 Å². The minimum Gasteiger partial charge on any atom is -0.345 e. The van der Waals surface area contributed by atoms with Crippen LogP contribution in [0.2, 0.25) is 0 Å². The minimum atomic E-state index is -0.595. The largest absolute Gasteiger partial charge is 0.345 e. The number of amides is 2. The molecule has 0 aromatic carbocycles. The first-order chi connectivity index (χ1) is 9.22. The lowest BCUT2D eigenvalue weighted by Crippen LogP contribution is -2.66. The molecule has 3 rings (SSSR count). The van der Waals surface area contributed by atoms with Crippen LogP contribution in [-0.2, 0) is 16.1 Å². The third-order valence-corrected chi connectivity index (χ3v) is 4.18. The van der Waals surface area contributed by atoms with E-state index in [1.165, 1.54) is 0 Å². The van der Waals surface area contributed by atoms with Gasteiger partial charge in [0.1, 0.15) is 5.54 Å². The van der Waals surface area contributed by atoms with Crippen molar-refractivity contribution in [2.75, 3.05) is 13.1 Å². The molecular formula is C13H18N4O2. The summed E-state index contributed by atoms with van der Waals surface area (Å²) >= 11 is 0. The van der Waals surface area contributed by atoms with Crippen LogP contribution in [0.25, 0.3) is 0 Å². The lowest BCUT2D eigenvalue weighted by atomic mass is 9.91. The summed E-state index contributed by atoms with van der Waals surface area (Å²) in [5.41, 5.74) is -0.595. The standard InChI is InChI=1S/C13H18N4O2/c18-11-10-14-12(19)13(4-1-2-5-13)17(11)9-8-16-7-3-6-15-16/h3,6-7H,1-2,4-5,8-10H2,(H,14,19). The van der Waals surface area contributed by atoms with Gasteiger partial charge in [0, 0.05) is 18.9 Å². The Labute approximate surface area is 111 Å². The van der Waals surface area contributed by atoms with Crippen LogP contribution in [0.3, 0.4) is 0 Å². The Balaban J connectivity index is 1.78. The third-order valence-electron chi connectivity index (χ3n) is 4.18. The molecule has 1 aliphatic carbocycles. The lowest BCUT2D eigenvalue weighted by Gasteiger charge is -2.43. The van der Waals surface area contributed by atoms with E-state index in [-0.39, 0.29) is 18.4 Å². The van der Waals surface area contributed by atoms with Crippen molar-refractivity contribution in [2.45, 2.75) is 37.8 Å². The van der Waals surface area contributed by atoms with Crippen molar-refractivity contribution in [2.24, 2.45) is 0 Å². The molecule has 102 valence electrons. The number of nitrogens with one attached hydrogen (secondary N) is 1. The van der Waals surface area contributed by atoms with Crippen LogP contribution in [0.5, 0.6) is 0 Å². The van der Waals surface area contributed by atoms with Gasteiger partial charge in [0.15, 0.2) is 0 Å². The first-order valence-corrected chi connectivity index (χ1v) is 6.79. The second-order valence-electron chi connectivity index (χ2n) is 5.24. The number of hydrogen-bond acceptors (Lipinski definition) is 3. The first kappa shape index (κ1) is 12.2. The van der Waals surface area contributed by atoms with E-state index in [9.17, 15) is 9.59 Å². The quantitative estimate of drug-likeness (QED) is 0.843. The van der Waals surface area contributed by atoms with Gasteiger partial charge in [-0.25, -0.2) is 0 Å². The molecule has 1 saturated heterocycles. The highest BCUT2D eigenvalue weighted by atomic mass is 16.2. The van der Waals surface area contributed by atoms with Crippen LogP contribution < -0.4 is 5.32 Å². The smallest absolute Gasteiger partial charge is 0.246 e. The molecule has 1 aromatic rings. The number of carbonyl (C=O) groups is 2. The van der Waals surface area contributed by atoms with Gasteiger partial charge < -0.3 is 10.2 Å².